The van der Waals surface area contributed by atoms with Gasteiger partial charge >= 0.3 is 0 Å². The molecule has 98 valence electrons. The van der Waals surface area contributed by atoms with Crippen LogP contribution in [-0.4, -0.2) is 37.7 Å². The molecule has 1 heterocycles. The molecule has 0 radical (unpaired) electrons. The molecule has 0 aromatic heterocycles. The zero-order valence-electron chi connectivity index (χ0n) is 10.7. The minimum atomic E-state index is -0.0590. The van der Waals surface area contributed by atoms with Gasteiger partial charge in [-0.3, -0.25) is 9.80 Å². The van der Waals surface area contributed by atoms with E-state index in [1.54, 1.807) is 30.3 Å². The highest BCUT2D eigenvalue weighted by Gasteiger charge is 2.18. The highest BCUT2D eigenvalue weighted by molar-refractivity contribution is 5.94. The van der Waals surface area contributed by atoms with Crippen molar-refractivity contribution in [3.05, 3.63) is 23.8 Å². The van der Waals surface area contributed by atoms with Gasteiger partial charge in [0.15, 0.2) is 11.5 Å². The van der Waals surface area contributed by atoms with E-state index in [0.29, 0.717) is 36.8 Å². The van der Waals surface area contributed by atoms with Crippen LogP contribution in [0, 0.1) is 0 Å². The molecule has 1 aromatic rings. The Labute approximate surface area is 107 Å². The number of amides is 1. The van der Waals surface area contributed by atoms with Gasteiger partial charge in [0.25, 0.3) is 5.91 Å². The van der Waals surface area contributed by atoms with Gasteiger partial charge in [0.1, 0.15) is 13.2 Å². The van der Waals surface area contributed by atoms with Crippen molar-refractivity contribution in [2.75, 3.05) is 26.8 Å². The predicted molar refractivity (Wildman–Crippen MR) is 67.8 cm³/mol. The van der Waals surface area contributed by atoms with E-state index in [2.05, 4.69) is 5.43 Å². The first-order valence-corrected chi connectivity index (χ1v) is 6.15. The van der Waals surface area contributed by atoms with Crippen molar-refractivity contribution in [3.8, 4) is 11.5 Å². The van der Waals surface area contributed by atoms with Crippen LogP contribution in [0.1, 0.15) is 23.7 Å². The van der Waals surface area contributed by atoms with Crippen LogP contribution >= 0.6 is 0 Å². The third-order valence-electron chi connectivity index (χ3n) is 2.75. The lowest BCUT2D eigenvalue weighted by Crippen LogP contribution is -2.41. The number of fused-ring (bicyclic) bond motifs is 1. The van der Waals surface area contributed by atoms with E-state index in [-0.39, 0.29) is 5.91 Å². The molecule has 1 amide bonds. The first-order chi connectivity index (χ1) is 8.76. The first-order valence-electron chi connectivity index (χ1n) is 6.15. The van der Waals surface area contributed by atoms with Gasteiger partial charge in [-0.05, 0) is 24.6 Å². The summed E-state index contributed by atoms with van der Waals surface area (Å²) in [6.07, 6.45) is 0.900. The molecule has 0 unspecified atom stereocenters. The highest BCUT2D eigenvalue weighted by Crippen LogP contribution is 2.30. The van der Waals surface area contributed by atoms with E-state index < -0.39 is 0 Å². The van der Waals surface area contributed by atoms with E-state index in [4.69, 9.17) is 9.47 Å². The van der Waals surface area contributed by atoms with Crippen molar-refractivity contribution in [2.45, 2.75) is 13.3 Å². The van der Waals surface area contributed by atoms with E-state index in [9.17, 15) is 4.79 Å². The number of rotatable bonds is 4. The highest BCUT2D eigenvalue weighted by atomic mass is 16.6. The zero-order valence-corrected chi connectivity index (χ0v) is 10.7. The molecule has 2 rings (SSSR count). The predicted octanol–water partition coefficient (Wildman–Crippen LogP) is 1.44. The first kappa shape index (κ1) is 12.7. The van der Waals surface area contributed by atoms with Crippen molar-refractivity contribution in [1.82, 2.24) is 10.4 Å². The fraction of sp³-hybridized carbons (Fsp3) is 0.462. The molecule has 1 N–H and O–H groups in total. The number of ether oxygens (including phenoxy) is 2. The monoisotopic (exact) mass is 250 g/mol. The van der Waals surface area contributed by atoms with Crippen molar-refractivity contribution >= 4 is 5.91 Å². The molecule has 5 heteroatoms. The van der Waals surface area contributed by atoms with Crippen LogP contribution in [0.3, 0.4) is 0 Å². The van der Waals surface area contributed by atoms with Gasteiger partial charge in [-0.2, -0.15) is 0 Å². The summed E-state index contributed by atoms with van der Waals surface area (Å²) >= 11 is 0. The quantitative estimate of drug-likeness (QED) is 0.822. The van der Waals surface area contributed by atoms with Gasteiger partial charge in [-0.15, -0.1) is 0 Å². The average molecular weight is 250 g/mol. The molecule has 0 fully saturated rings. The maximum Gasteiger partial charge on any atom is 0.268 e. The summed E-state index contributed by atoms with van der Waals surface area (Å²) in [6.45, 7) is 3.78. The van der Waals surface area contributed by atoms with Crippen molar-refractivity contribution in [2.24, 2.45) is 0 Å². The third kappa shape index (κ3) is 2.56. The molecule has 1 aliphatic rings. The second-order valence-electron chi connectivity index (χ2n) is 4.04. The summed E-state index contributed by atoms with van der Waals surface area (Å²) < 4.78 is 10.9. The molecule has 0 saturated heterocycles. The van der Waals surface area contributed by atoms with Crippen molar-refractivity contribution < 1.29 is 14.3 Å². The molecule has 18 heavy (non-hydrogen) atoms. The lowest BCUT2D eigenvalue weighted by atomic mass is 10.1. The number of hydrogen-bond acceptors (Lipinski definition) is 4. The average Bonchev–Trinajstić information content (AvgIpc) is 2.43. The summed E-state index contributed by atoms with van der Waals surface area (Å²) in [4.78, 5) is 12.2. The van der Waals surface area contributed by atoms with Gasteiger partial charge in [-0.1, -0.05) is 6.92 Å². The molecule has 0 atom stereocenters. The Kier molecular flexibility index (Phi) is 4.04. The van der Waals surface area contributed by atoms with Crippen LogP contribution in [0.5, 0.6) is 11.5 Å². The van der Waals surface area contributed by atoms with Crippen LogP contribution in [0.2, 0.25) is 0 Å². The zero-order chi connectivity index (χ0) is 13.0. The Morgan fingerprint density at radius 2 is 2.06 bits per heavy atom. The molecule has 0 saturated carbocycles. The van der Waals surface area contributed by atoms with Crippen LogP contribution < -0.4 is 14.9 Å². The number of carbonyl (C=O) groups is 1. The second-order valence-corrected chi connectivity index (χ2v) is 4.04. The van der Waals surface area contributed by atoms with Crippen molar-refractivity contribution in [1.29, 1.82) is 0 Å². The molecular weight excluding hydrogens is 232 g/mol. The SMILES string of the molecule is CCCN(NC)C(=O)c1ccc2c(c1)OCCO2. The summed E-state index contributed by atoms with van der Waals surface area (Å²) in [7, 11) is 1.74. The number of hydrazine groups is 1. The van der Waals surface area contributed by atoms with E-state index >= 15 is 0 Å². The third-order valence-corrected chi connectivity index (χ3v) is 2.75. The van der Waals surface area contributed by atoms with Gasteiger partial charge < -0.3 is 9.47 Å². The minimum Gasteiger partial charge on any atom is -0.486 e. The standard InChI is InChI=1S/C13H18N2O3/c1-3-6-15(14-2)13(16)10-4-5-11-12(9-10)18-8-7-17-11/h4-5,9,14H,3,6-8H2,1-2H3. The summed E-state index contributed by atoms with van der Waals surface area (Å²) in [5.74, 6) is 1.28. The van der Waals surface area contributed by atoms with E-state index in [1.165, 1.54) is 0 Å². The Morgan fingerprint density at radius 3 is 2.72 bits per heavy atom. The summed E-state index contributed by atoms with van der Waals surface area (Å²) in [5, 5.41) is 1.59. The van der Waals surface area contributed by atoms with Crippen LogP contribution in [0.4, 0.5) is 0 Å². The van der Waals surface area contributed by atoms with Crippen LogP contribution in [-0.2, 0) is 0 Å². The Balaban J connectivity index is 2.19. The Bertz CT molecular complexity index is 434. The molecule has 1 aromatic carbocycles. The maximum absolute atomic E-state index is 12.2. The van der Waals surface area contributed by atoms with Crippen LogP contribution in [0.25, 0.3) is 0 Å². The number of hydrogen-bond donors (Lipinski definition) is 1. The summed E-state index contributed by atoms with van der Waals surface area (Å²) in [5.41, 5.74) is 3.49. The molecular formula is C13H18N2O3. The molecule has 1 aliphatic heterocycles. The van der Waals surface area contributed by atoms with Crippen LogP contribution in [0.15, 0.2) is 18.2 Å². The topological polar surface area (TPSA) is 50.8 Å². The fourth-order valence-corrected chi connectivity index (χ4v) is 1.87. The largest absolute Gasteiger partial charge is 0.486 e. The normalized spacial score (nSPS) is 13.2. The minimum absolute atomic E-state index is 0.0590. The molecule has 0 aliphatic carbocycles. The van der Waals surface area contributed by atoms with Gasteiger partial charge in [0.2, 0.25) is 0 Å². The summed E-state index contributed by atoms with van der Waals surface area (Å²) in [6, 6.07) is 5.27. The number of nitrogens with one attached hydrogen (secondary N) is 1. The van der Waals surface area contributed by atoms with E-state index in [0.717, 1.165) is 6.42 Å². The second kappa shape index (κ2) is 5.73. The lowest BCUT2D eigenvalue weighted by Gasteiger charge is -2.22. The van der Waals surface area contributed by atoms with E-state index in [1.807, 2.05) is 6.92 Å². The smallest absolute Gasteiger partial charge is 0.268 e. The lowest BCUT2D eigenvalue weighted by molar-refractivity contribution is 0.0680. The Morgan fingerprint density at radius 1 is 1.33 bits per heavy atom. The molecule has 0 spiro atoms. The van der Waals surface area contributed by atoms with Gasteiger partial charge in [0, 0.05) is 19.2 Å². The van der Waals surface area contributed by atoms with Gasteiger partial charge in [0.05, 0.1) is 0 Å². The Hall–Kier alpha value is -1.75. The van der Waals surface area contributed by atoms with Crippen molar-refractivity contribution in [3.63, 3.8) is 0 Å². The molecule has 0 bridgehead atoms. The molecule has 5 nitrogen and oxygen atoms in total. The van der Waals surface area contributed by atoms with Gasteiger partial charge in [-0.25, -0.2) is 5.43 Å². The number of carbonyl (C=O) groups excluding carboxylic acids is 1. The maximum atomic E-state index is 12.2. The fourth-order valence-electron chi connectivity index (χ4n) is 1.87. The number of benzene rings is 1. The number of nitrogens with zero attached hydrogens (tertiary/aromatic N) is 1.